The second-order valence-electron chi connectivity index (χ2n) is 4.41. The van der Waals surface area contributed by atoms with Crippen LogP contribution in [0.5, 0.6) is 0 Å². The van der Waals surface area contributed by atoms with E-state index in [1.165, 1.54) is 0 Å². The Morgan fingerprint density at radius 1 is 1.62 bits per heavy atom. The summed E-state index contributed by atoms with van der Waals surface area (Å²) in [4.78, 5) is 16.0. The standard InChI is InChI=1S/C12H15ClN2O/c1-9-7-10(3-6-14-9)11(16)15-12(8-13)4-2-5-12/h3,6-7H,2,4-5,8H2,1H3,(H,15,16). The monoisotopic (exact) mass is 238 g/mol. The van der Waals surface area contributed by atoms with Gasteiger partial charge in [-0.2, -0.15) is 0 Å². The van der Waals surface area contributed by atoms with Crippen LogP contribution in [0.1, 0.15) is 35.3 Å². The minimum Gasteiger partial charge on any atom is -0.345 e. The minimum atomic E-state index is -0.171. The molecule has 0 saturated heterocycles. The molecule has 1 heterocycles. The first-order valence-corrected chi connectivity index (χ1v) is 6.00. The third kappa shape index (κ3) is 2.19. The van der Waals surface area contributed by atoms with Crippen molar-refractivity contribution in [1.82, 2.24) is 10.3 Å². The van der Waals surface area contributed by atoms with Crippen LogP contribution >= 0.6 is 11.6 Å². The predicted molar refractivity (Wildman–Crippen MR) is 63.7 cm³/mol. The number of aromatic nitrogens is 1. The highest BCUT2D eigenvalue weighted by Crippen LogP contribution is 2.33. The van der Waals surface area contributed by atoms with Crippen molar-refractivity contribution in [2.24, 2.45) is 0 Å². The number of aryl methyl sites for hydroxylation is 1. The first-order chi connectivity index (χ1) is 7.65. The van der Waals surface area contributed by atoms with E-state index in [1.54, 1.807) is 18.3 Å². The van der Waals surface area contributed by atoms with Gasteiger partial charge in [0, 0.05) is 23.3 Å². The molecular formula is C12H15ClN2O. The van der Waals surface area contributed by atoms with Gasteiger partial charge in [-0.05, 0) is 38.3 Å². The number of halogens is 1. The summed E-state index contributed by atoms with van der Waals surface area (Å²) in [5, 5.41) is 3.02. The maximum absolute atomic E-state index is 12.0. The van der Waals surface area contributed by atoms with Crippen molar-refractivity contribution in [1.29, 1.82) is 0 Å². The molecule has 1 aromatic rings. The van der Waals surface area contributed by atoms with Gasteiger partial charge in [-0.25, -0.2) is 0 Å². The number of alkyl halides is 1. The third-order valence-electron chi connectivity index (χ3n) is 3.10. The normalized spacial score (nSPS) is 17.6. The molecule has 2 rings (SSSR count). The number of nitrogens with zero attached hydrogens (tertiary/aromatic N) is 1. The van der Waals surface area contributed by atoms with Gasteiger partial charge in [0.2, 0.25) is 0 Å². The maximum atomic E-state index is 12.0. The van der Waals surface area contributed by atoms with Crippen LogP contribution in [0.15, 0.2) is 18.3 Å². The minimum absolute atomic E-state index is 0.0501. The molecule has 0 bridgehead atoms. The summed E-state index contributed by atoms with van der Waals surface area (Å²) in [6.07, 6.45) is 4.75. The molecule has 1 aromatic heterocycles. The Bertz CT molecular complexity index is 396. The lowest BCUT2D eigenvalue weighted by molar-refractivity contribution is 0.0853. The molecule has 1 saturated carbocycles. The smallest absolute Gasteiger partial charge is 0.251 e. The summed E-state index contributed by atoms with van der Waals surface area (Å²) in [5.41, 5.74) is 1.33. The summed E-state index contributed by atoms with van der Waals surface area (Å²) >= 11 is 5.90. The summed E-state index contributed by atoms with van der Waals surface area (Å²) in [7, 11) is 0. The second-order valence-corrected chi connectivity index (χ2v) is 4.67. The molecule has 16 heavy (non-hydrogen) atoms. The first-order valence-electron chi connectivity index (χ1n) is 5.46. The van der Waals surface area contributed by atoms with Crippen molar-refractivity contribution in [3.63, 3.8) is 0 Å². The quantitative estimate of drug-likeness (QED) is 0.821. The van der Waals surface area contributed by atoms with Gasteiger partial charge in [0.05, 0.1) is 5.54 Å². The van der Waals surface area contributed by atoms with Gasteiger partial charge in [0.1, 0.15) is 0 Å². The van der Waals surface area contributed by atoms with Crippen molar-refractivity contribution >= 4 is 17.5 Å². The van der Waals surface area contributed by atoms with E-state index in [9.17, 15) is 4.79 Å². The Hall–Kier alpha value is -1.09. The number of hydrogen-bond donors (Lipinski definition) is 1. The largest absolute Gasteiger partial charge is 0.345 e. The Balaban J connectivity index is 2.08. The molecule has 1 N–H and O–H groups in total. The highest BCUT2D eigenvalue weighted by molar-refractivity contribution is 6.19. The molecule has 1 amide bonds. The van der Waals surface area contributed by atoms with Gasteiger partial charge in [0.15, 0.2) is 0 Å². The zero-order chi connectivity index (χ0) is 11.6. The van der Waals surface area contributed by atoms with Crippen LogP contribution in [0, 0.1) is 6.92 Å². The molecular weight excluding hydrogens is 224 g/mol. The van der Waals surface area contributed by atoms with Crippen LogP contribution in [0.2, 0.25) is 0 Å². The molecule has 4 heteroatoms. The maximum Gasteiger partial charge on any atom is 0.251 e. The highest BCUT2D eigenvalue weighted by atomic mass is 35.5. The second kappa shape index (κ2) is 4.42. The van der Waals surface area contributed by atoms with Crippen LogP contribution in [-0.2, 0) is 0 Å². The Kier molecular flexibility index (Phi) is 3.15. The van der Waals surface area contributed by atoms with E-state index in [0.717, 1.165) is 25.0 Å². The average molecular weight is 239 g/mol. The van der Waals surface area contributed by atoms with Gasteiger partial charge < -0.3 is 5.32 Å². The van der Waals surface area contributed by atoms with Crippen molar-refractivity contribution in [3.8, 4) is 0 Å². The van der Waals surface area contributed by atoms with Crippen molar-refractivity contribution in [3.05, 3.63) is 29.6 Å². The number of pyridine rings is 1. The molecule has 0 aliphatic heterocycles. The van der Waals surface area contributed by atoms with E-state index in [0.29, 0.717) is 11.4 Å². The van der Waals surface area contributed by atoms with Crippen LogP contribution in [0.25, 0.3) is 0 Å². The van der Waals surface area contributed by atoms with Crippen LogP contribution in [-0.4, -0.2) is 22.3 Å². The lowest BCUT2D eigenvalue weighted by Crippen LogP contribution is -2.55. The molecule has 0 atom stereocenters. The SMILES string of the molecule is Cc1cc(C(=O)NC2(CCl)CCC2)ccn1. The van der Waals surface area contributed by atoms with Gasteiger partial charge in [-0.15, -0.1) is 11.6 Å². The molecule has 0 spiro atoms. The summed E-state index contributed by atoms with van der Waals surface area (Å²) in [5.74, 6) is 0.439. The van der Waals surface area contributed by atoms with E-state index in [2.05, 4.69) is 10.3 Å². The van der Waals surface area contributed by atoms with E-state index < -0.39 is 0 Å². The van der Waals surface area contributed by atoms with Gasteiger partial charge in [-0.3, -0.25) is 9.78 Å². The lowest BCUT2D eigenvalue weighted by atomic mass is 9.78. The first kappa shape index (κ1) is 11.4. The summed E-state index contributed by atoms with van der Waals surface area (Å²) in [6, 6.07) is 3.51. The van der Waals surface area contributed by atoms with E-state index in [4.69, 9.17) is 11.6 Å². The molecule has 86 valence electrons. The molecule has 0 aromatic carbocycles. The zero-order valence-corrected chi connectivity index (χ0v) is 10.0. The van der Waals surface area contributed by atoms with E-state index >= 15 is 0 Å². The average Bonchev–Trinajstić information content (AvgIpc) is 2.23. The van der Waals surface area contributed by atoms with Crippen LogP contribution in [0.3, 0.4) is 0 Å². The molecule has 1 aliphatic carbocycles. The van der Waals surface area contributed by atoms with Crippen molar-refractivity contribution in [2.75, 3.05) is 5.88 Å². The topological polar surface area (TPSA) is 42.0 Å². The van der Waals surface area contributed by atoms with E-state index in [1.807, 2.05) is 6.92 Å². The van der Waals surface area contributed by atoms with E-state index in [-0.39, 0.29) is 11.4 Å². The number of carbonyl (C=O) groups excluding carboxylic acids is 1. The molecule has 1 aliphatic rings. The van der Waals surface area contributed by atoms with Gasteiger partial charge in [0.25, 0.3) is 5.91 Å². The Morgan fingerprint density at radius 2 is 2.38 bits per heavy atom. The fraction of sp³-hybridized carbons (Fsp3) is 0.500. The fourth-order valence-corrected chi connectivity index (χ4v) is 2.23. The van der Waals surface area contributed by atoms with Gasteiger partial charge >= 0.3 is 0 Å². The summed E-state index contributed by atoms with van der Waals surface area (Å²) < 4.78 is 0. The number of rotatable bonds is 3. The zero-order valence-electron chi connectivity index (χ0n) is 9.29. The Morgan fingerprint density at radius 3 is 2.88 bits per heavy atom. The number of nitrogens with one attached hydrogen (secondary N) is 1. The predicted octanol–water partition coefficient (Wildman–Crippen LogP) is 2.28. The van der Waals surface area contributed by atoms with Crippen LogP contribution < -0.4 is 5.32 Å². The fourth-order valence-electron chi connectivity index (χ4n) is 1.90. The number of hydrogen-bond acceptors (Lipinski definition) is 2. The molecule has 0 radical (unpaired) electrons. The number of carbonyl (C=O) groups is 1. The highest BCUT2D eigenvalue weighted by Gasteiger charge is 2.37. The molecule has 1 fully saturated rings. The number of amides is 1. The summed E-state index contributed by atoms with van der Waals surface area (Å²) in [6.45, 7) is 1.87. The lowest BCUT2D eigenvalue weighted by Gasteiger charge is -2.41. The molecule has 3 nitrogen and oxygen atoms in total. The van der Waals surface area contributed by atoms with Gasteiger partial charge in [-0.1, -0.05) is 0 Å². The Labute approximate surface area is 100 Å². The van der Waals surface area contributed by atoms with Crippen molar-refractivity contribution < 1.29 is 4.79 Å². The molecule has 0 unspecified atom stereocenters. The van der Waals surface area contributed by atoms with Crippen LogP contribution in [0.4, 0.5) is 0 Å². The third-order valence-corrected chi connectivity index (χ3v) is 3.62. The van der Waals surface area contributed by atoms with Crippen molar-refractivity contribution in [2.45, 2.75) is 31.7 Å².